The van der Waals surface area contributed by atoms with Crippen molar-refractivity contribution in [3.05, 3.63) is 35.4 Å². The average molecular weight is 330 g/mol. The number of likely N-dealkylation sites (tertiary alicyclic amines) is 1. The van der Waals surface area contributed by atoms with Crippen LogP contribution in [0.3, 0.4) is 0 Å². The highest BCUT2D eigenvalue weighted by atomic mass is 16.5. The summed E-state index contributed by atoms with van der Waals surface area (Å²) in [5.74, 6) is 0.232. The lowest BCUT2D eigenvalue weighted by Gasteiger charge is -2.33. The molecule has 1 aromatic carbocycles. The van der Waals surface area contributed by atoms with Crippen molar-refractivity contribution >= 4 is 11.8 Å². The summed E-state index contributed by atoms with van der Waals surface area (Å²) in [4.78, 5) is 26.1. The maximum Gasteiger partial charge on any atom is 0.254 e. The molecule has 2 aliphatic rings. The first-order chi connectivity index (χ1) is 11.6. The molecule has 2 aliphatic heterocycles. The molecular formula is C19H26N2O3. The minimum Gasteiger partial charge on any atom is -0.377 e. The third-order valence-corrected chi connectivity index (χ3v) is 5.42. The summed E-state index contributed by atoms with van der Waals surface area (Å²) < 4.78 is 5.71. The Balaban J connectivity index is 1.53. The van der Waals surface area contributed by atoms with Crippen molar-refractivity contribution < 1.29 is 14.3 Å². The van der Waals surface area contributed by atoms with Gasteiger partial charge in [0, 0.05) is 25.3 Å². The van der Waals surface area contributed by atoms with E-state index in [0.29, 0.717) is 12.5 Å². The molecule has 2 fully saturated rings. The Hall–Kier alpha value is -1.88. The number of primary amides is 1. The number of rotatable bonds is 4. The molecule has 0 unspecified atom stereocenters. The van der Waals surface area contributed by atoms with Gasteiger partial charge in [0.2, 0.25) is 5.91 Å². The zero-order valence-electron chi connectivity index (χ0n) is 14.2. The molecule has 5 nitrogen and oxygen atoms in total. The van der Waals surface area contributed by atoms with Crippen LogP contribution in [0.4, 0.5) is 0 Å². The van der Waals surface area contributed by atoms with E-state index in [1.54, 1.807) is 0 Å². The average Bonchev–Trinajstić information content (AvgIpc) is 3.04. The van der Waals surface area contributed by atoms with Gasteiger partial charge in [0.05, 0.1) is 12.0 Å². The smallest absolute Gasteiger partial charge is 0.254 e. The summed E-state index contributed by atoms with van der Waals surface area (Å²) in [5, 5.41) is 0. The SMILES string of the molecule is Cc1ccccc1C(=O)N1CCC(C[C@H]2OCC[C@H]2C(N)=O)CC1. The molecule has 0 aliphatic carbocycles. The largest absolute Gasteiger partial charge is 0.377 e. The number of nitrogens with two attached hydrogens (primary N) is 1. The number of amides is 2. The highest BCUT2D eigenvalue weighted by molar-refractivity contribution is 5.95. The molecule has 130 valence electrons. The van der Waals surface area contributed by atoms with Gasteiger partial charge in [-0.05, 0) is 50.2 Å². The van der Waals surface area contributed by atoms with Gasteiger partial charge in [0.25, 0.3) is 5.91 Å². The molecule has 2 N–H and O–H groups in total. The van der Waals surface area contributed by atoms with Gasteiger partial charge in [-0.3, -0.25) is 9.59 Å². The summed E-state index contributed by atoms with van der Waals surface area (Å²) in [7, 11) is 0. The minimum absolute atomic E-state index is 0.0360. The van der Waals surface area contributed by atoms with Crippen molar-refractivity contribution in [2.75, 3.05) is 19.7 Å². The van der Waals surface area contributed by atoms with Crippen molar-refractivity contribution in [3.63, 3.8) is 0 Å². The van der Waals surface area contributed by atoms with Gasteiger partial charge in [0.15, 0.2) is 0 Å². The second-order valence-electron chi connectivity index (χ2n) is 6.99. The van der Waals surface area contributed by atoms with Crippen LogP contribution in [0.15, 0.2) is 24.3 Å². The Labute approximate surface area is 143 Å². The quantitative estimate of drug-likeness (QED) is 0.919. The van der Waals surface area contributed by atoms with Gasteiger partial charge in [-0.2, -0.15) is 0 Å². The van der Waals surface area contributed by atoms with Crippen LogP contribution in [0.25, 0.3) is 0 Å². The van der Waals surface area contributed by atoms with E-state index in [4.69, 9.17) is 10.5 Å². The summed E-state index contributed by atoms with van der Waals surface area (Å²) >= 11 is 0. The second-order valence-corrected chi connectivity index (χ2v) is 6.99. The first-order valence-corrected chi connectivity index (χ1v) is 8.82. The van der Waals surface area contributed by atoms with Crippen molar-refractivity contribution in [1.82, 2.24) is 4.90 Å². The molecule has 24 heavy (non-hydrogen) atoms. The first kappa shape index (κ1) is 17.0. The number of nitrogens with zero attached hydrogens (tertiary/aromatic N) is 1. The predicted molar refractivity (Wildman–Crippen MR) is 91.5 cm³/mol. The number of carbonyl (C=O) groups excluding carboxylic acids is 2. The van der Waals surface area contributed by atoms with E-state index < -0.39 is 0 Å². The molecular weight excluding hydrogens is 304 g/mol. The standard InChI is InChI=1S/C19H26N2O3/c1-13-4-2-3-5-15(13)19(23)21-9-6-14(7-10-21)12-17-16(18(20)22)8-11-24-17/h2-5,14,16-17H,6-12H2,1H3,(H2,20,22)/t16-,17-/m1/s1. The summed E-state index contributed by atoms with van der Waals surface area (Å²) in [6.07, 6.45) is 3.50. The van der Waals surface area contributed by atoms with Crippen LogP contribution in [0.2, 0.25) is 0 Å². The molecule has 2 saturated heterocycles. The Morgan fingerprint density at radius 3 is 2.58 bits per heavy atom. The lowest BCUT2D eigenvalue weighted by atomic mass is 9.86. The normalized spacial score (nSPS) is 25.0. The molecule has 3 rings (SSSR count). The maximum absolute atomic E-state index is 12.7. The third-order valence-electron chi connectivity index (χ3n) is 5.42. The fourth-order valence-corrected chi connectivity index (χ4v) is 3.89. The molecule has 0 saturated carbocycles. The number of hydrogen-bond acceptors (Lipinski definition) is 3. The molecule has 2 heterocycles. The Morgan fingerprint density at radius 1 is 1.21 bits per heavy atom. The van der Waals surface area contributed by atoms with Gasteiger partial charge in [0.1, 0.15) is 0 Å². The molecule has 0 spiro atoms. The number of benzene rings is 1. The molecule has 0 bridgehead atoms. The van der Waals surface area contributed by atoms with Crippen LogP contribution in [0, 0.1) is 18.8 Å². The van der Waals surface area contributed by atoms with E-state index in [1.807, 2.05) is 36.1 Å². The zero-order valence-corrected chi connectivity index (χ0v) is 14.2. The van der Waals surface area contributed by atoms with Crippen molar-refractivity contribution in [2.24, 2.45) is 17.6 Å². The maximum atomic E-state index is 12.7. The van der Waals surface area contributed by atoms with Crippen LogP contribution in [-0.4, -0.2) is 42.5 Å². The van der Waals surface area contributed by atoms with Crippen LogP contribution in [0.1, 0.15) is 41.6 Å². The Kier molecular flexibility index (Phi) is 5.19. The summed E-state index contributed by atoms with van der Waals surface area (Å²) in [5.41, 5.74) is 7.28. The number of piperidine rings is 1. The van der Waals surface area contributed by atoms with E-state index in [1.165, 1.54) is 0 Å². The van der Waals surface area contributed by atoms with Crippen LogP contribution in [-0.2, 0) is 9.53 Å². The topological polar surface area (TPSA) is 72.6 Å². The molecule has 0 aromatic heterocycles. The number of ether oxygens (including phenoxy) is 1. The van der Waals surface area contributed by atoms with Gasteiger partial charge in [-0.15, -0.1) is 0 Å². The highest BCUT2D eigenvalue weighted by Gasteiger charge is 2.35. The molecule has 5 heteroatoms. The molecule has 2 atom stereocenters. The molecule has 0 radical (unpaired) electrons. The fraction of sp³-hybridized carbons (Fsp3) is 0.579. The van der Waals surface area contributed by atoms with Crippen LogP contribution in [0.5, 0.6) is 0 Å². The van der Waals surface area contributed by atoms with Gasteiger partial charge >= 0.3 is 0 Å². The monoisotopic (exact) mass is 330 g/mol. The lowest BCUT2D eigenvalue weighted by Crippen LogP contribution is -2.40. The van der Waals surface area contributed by atoms with E-state index in [2.05, 4.69) is 0 Å². The second kappa shape index (κ2) is 7.34. The van der Waals surface area contributed by atoms with E-state index in [0.717, 1.165) is 49.9 Å². The number of hydrogen-bond donors (Lipinski definition) is 1. The van der Waals surface area contributed by atoms with Crippen molar-refractivity contribution in [2.45, 2.75) is 38.7 Å². The Morgan fingerprint density at radius 2 is 1.92 bits per heavy atom. The summed E-state index contributed by atoms with van der Waals surface area (Å²) in [6, 6.07) is 7.73. The third kappa shape index (κ3) is 3.61. The molecule has 1 aromatic rings. The highest BCUT2D eigenvalue weighted by Crippen LogP contribution is 2.31. The Bertz CT molecular complexity index is 608. The molecule has 2 amide bonds. The van der Waals surface area contributed by atoms with Gasteiger partial charge < -0.3 is 15.4 Å². The van der Waals surface area contributed by atoms with Gasteiger partial charge in [-0.1, -0.05) is 18.2 Å². The predicted octanol–water partition coefficient (Wildman–Crippen LogP) is 2.13. The van der Waals surface area contributed by atoms with E-state index >= 15 is 0 Å². The first-order valence-electron chi connectivity index (χ1n) is 8.82. The van der Waals surface area contributed by atoms with Crippen molar-refractivity contribution in [3.8, 4) is 0 Å². The lowest BCUT2D eigenvalue weighted by molar-refractivity contribution is -0.123. The van der Waals surface area contributed by atoms with E-state index in [-0.39, 0.29) is 23.8 Å². The van der Waals surface area contributed by atoms with Crippen molar-refractivity contribution in [1.29, 1.82) is 0 Å². The number of aryl methyl sites for hydroxylation is 1. The van der Waals surface area contributed by atoms with Crippen LogP contribution >= 0.6 is 0 Å². The number of carbonyl (C=O) groups is 2. The summed E-state index contributed by atoms with van der Waals surface area (Å²) in [6.45, 7) is 4.14. The zero-order chi connectivity index (χ0) is 17.1. The van der Waals surface area contributed by atoms with Crippen LogP contribution < -0.4 is 5.73 Å². The minimum atomic E-state index is -0.246. The fourth-order valence-electron chi connectivity index (χ4n) is 3.89. The van der Waals surface area contributed by atoms with Gasteiger partial charge in [-0.25, -0.2) is 0 Å². The van der Waals surface area contributed by atoms with E-state index in [9.17, 15) is 9.59 Å².